The Labute approximate surface area is 213 Å². The zero-order valence-corrected chi connectivity index (χ0v) is 20.3. The van der Waals surface area contributed by atoms with Crippen LogP contribution in [0.5, 0.6) is 0 Å². The van der Waals surface area contributed by atoms with E-state index in [2.05, 4.69) is 10.6 Å². The summed E-state index contributed by atoms with van der Waals surface area (Å²) < 4.78 is 0. The standard InChI is InChI=1S/C22H14Cl4N2O4S/c23-17-15(16(22(31)32)18(24)20(26)19(17)25)21(30)28-12-7-4-8-13(9-12)33-10-14(29)27-11-5-2-1-3-6-11/h1-9H,10H2,(H,27,29)(H,28,30)(H,31,32). The summed E-state index contributed by atoms with van der Waals surface area (Å²) in [5.41, 5.74) is 0.0686. The SMILES string of the molecule is O=C(CSc1cccc(NC(=O)c2c(Cl)c(Cl)c(Cl)c(Cl)c2C(=O)O)c1)Nc1ccccc1. The molecule has 0 spiro atoms. The largest absolute Gasteiger partial charge is 0.478 e. The molecule has 0 unspecified atom stereocenters. The monoisotopic (exact) mass is 542 g/mol. The number of rotatable bonds is 7. The van der Waals surface area contributed by atoms with E-state index in [1.165, 1.54) is 11.8 Å². The molecule has 0 heterocycles. The number of anilines is 2. The molecule has 11 heteroatoms. The summed E-state index contributed by atoms with van der Waals surface area (Å²) in [5.74, 6) is -2.37. The van der Waals surface area contributed by atoms with E-state index in [0.717, 1.165) is 0 Å². The van der Waals surface area contributed by atoms with Crippen molar-refractivity contribution in [2.24, 2.45) is 0 Å². The number of nitrogens with one attached hydrogen (secondary N) is 2. The summed E-state index contributed by atoms with van der Waals surface area (Å²) in [5, 5.41) is 13.7. The maximum Gasteiger partial charge on any atom is 0.338 e. The normalized spacial score (nSPS) is 10.5. The van der Waals surface area contributed by atoms with E-state index in [4.69, 9.17) is 46.4 Å². The summed E-state index contributed by atoms with van der Waals surface area (Å²) in [6.07, 6.45) is 0. The molecule has 0 saturated carbocycles. The van der Waals surface area contributed by atoms with Crippen LogP contribution in [-0.4, -0.2) is 28.6 Å². The van der Waals surface area contributed by atoms with Crippen LogP contribution in [-0.2, 0) is 4.79 Å². The highest BCUT2D eigenvalue weighted by atomic mass is 35.5. The highest BCUT2D eigenvalue weighted by Crippen LogP contribution is 2.41. The number of thioether (sulfide) groups is 1. The molecule has 0 aromatic heterocycles. The van der Waals surface area contributed by atoms with Crippen molar-refractivity contribution in [1.82, 2.24) is 0 Å². The average molecular weight is 544 g/mol. The maximum atomic E-state index is 12.9. The van der Waals surface area contributed by atoms with Crippen LogP contribution in [0.25, 0.3) is 0 Å². The fourth-order valence-corrected chi connectivity index (χ4v) is 4.54. The van der Waals surface area contributed by atoms with Gasteiger partial charge >= 0.3 is 5.97 Å². The lowest BCUT2D eigenvalue weighted by atomic mass is 10.1. The average Bonchev–Trinajstić information content (AvgIpc) is 2.79. The van der Waals surface area contributed by atoms with Crippen molar-refractivity contribution < 1.29 is 19.5 Å². The predicted octanol–water partition coefficient (Wildman–Crippen LogP) is 6.98. The highest BCUT2D eigenvalue weighted by molar-refractivity contribution is 8.00. The zero-order valence-electron chi connectivity index (χ0n) is 16.5. The Morgan fingerprint density at radius 1 is 0.758 bits per heavy atom. The number of amides is 2. The van der Waals surface area contributed by atoms with Crippen LogP contribution in [0, 0.1) is 0 Å². The second-order valence-electron chi connectivity index (χ2n) is 6.50. The van der Waals surface area contributed by atoms with E-state index < -0.39 is 28.0 Å². The van der Waals surface area contributed by atoms with Gasteiger partial charge in [0.1, 0.15) is 0 Å². The van der Waals surface area contributed by atoms with Crippen molar-refractivity contribution in [3.63, 3.8) is 0 Å². The number of carbonyl (C=O) groups is 3. The minimum atomic E-state index is -1.49. The van der Waals surface area contributed by atoms with Gasteiger partial charge < -0.3 is 15.7 Å². The van der Waals surface area contributed by atoms with E-state index in [1.807, 2.05) is 18.2 Å². The molecule has 3 aromatic carbocycles. The van der Waals surface area contributed by atoms with Crippen LogP contribution in [0.4, 0.5) is 11.4 Å². The lowest BCUT2D eigenvalue weighted by Gasteiger charge is -2.14. The first kappa shape index (κ1) is 25.2. The van der Waals surface area contributed by atoms with Gasteiger partial charge in [0, 0.05) is 16.3 Å². The smallest absolute Gasteiger partial charge is 0.338 e. The molecule has 33 heavy (non-hydrogen) atoms. The number of aromatic carboxylic acids is 1. The van der Waals surface area contributed by atoms with Crippen LogP contribution >= 0.6 is 58.2 Å². The molecule has 170 valence electrons. The predicted molar refractivity (Wildman–Crippen MR) is 134 cm³/mol. The molecule has 0 aliphatic carbocycles. The summed E-state index contributed by atoms with van der Waals surface area (Å²) in [6, 6.07) is 15.7. The van der Waals surface area contributed by atoms with Crippen molar-refractivity contribution in [2.45, 2.75) is 4.90 Å². The van der Waals surface area contributed by atoms with Crippen LogP contribution in [0.2, 0.25) is 20.1 Å². The number of halogens is 4. The first-order valence-corrected chi connectivity index (χ1v) is 11.7. The first-order valence-electron chi connectivity index (χ1n) is 9.17. The van der Waals surface area contributed by atoms with E-state index in [9.17, 15) is 19.5 Å². The van der Waals surface area contributed by atoms with Gasteiger partial charge in [-0.15, -0.1) is 11.8 Å². The first-order chi connectivity index (χ1) is 15.7. The van der Waals surface area contributed by atoms with Gasteiger partial charge in [0.05, 0.1) is 37.0 Å². The van der Waals surface area contributed by atoms with Gasteiger partial charge in [-0.05, 0) is 30.3 Å². The van der Waals surface area contributed by atoms with Crippen molar-refractivity contribution in [1.29, 1.82) is 0 Å². The number of carbonyl (C=O) groups excluding carboxylic acids is 2. The Balaban J connectivity index is 1.75. The zero-order chi connectivity index (χ0) is 24.1. The number of carboxylic acid groups (broad SMARTS) is 1. The van der Waals surface area contributed by atoms with Gasteiger partial charge in [0.2, 0.25) is 5.91 Å². The lowest BCUT2D eigenvalue weighted by Crippen LogP contribution is -2.18. The fraction of sp³-hybridized carbons (Fsp3) is 0.0455. The van der Waals surface area contributed by atoms with E-state index in [0.29, 0.717) is 16.3 Å². The third kappa shape index (κ3) is 6.13. The third-order valence-electron chi connectivity index (χ3n) is 4.23. The van der Waals surface area contributed by atoms with Crippen LogP contribution in [0.1, 0.15) is 20.7 Å². The van der Waals surface area contributed by atoms with Gasteiger partial charge in [-0.1, -0.05) is 70.7 Å². The highest BCUT2D eigenvalue weighted by Gasteiger charge is 2.29. The molecule has 0 fully saturated rings. The number of carboxylic acids is 1. The van der Waals surface area contributed by atoms with Gasteiger partial charge in [-0.3, -0.25) is 9.59 Å². The van der Waals surface area contributed by atoms with E-state index in [-0.39, 0.29) is 26.7 Å². The molecule has 0 atom stereocenters. The maximum absolute atomic E-state index is 12.9. The van der Waals surface area contributed by atoms with Crippen LogP contribution in [0.15, 0.2) is 59.5 Å². The molecule has 3 rings (SSSR count). The van der Waals surface area contributed by atoms with Crippen molar-refractivity contribution in [3.8, 4) is 0 Å². The topological polar surface area (TPSA) is 95.5 Å². The molecule has 3 aromatic rings. The molecule has 2 amide bonds. The quantitative estimate of drug-likeness (QED) is 0.170. The number of benzene rings is 3. The van der Waals surface area contributed by atoms with Gasteiger partial charge in [0.15, 0.2) is 0 Å². The molecule has 0 radical (unpaired) electrons. The minimum absolute atomic E-state index is 0.143. The molecule has 0 bridgehead atoms. The molecular weight excluding hydrogens is 530 g/mol. The fourth-order valence-electron chi connectivity index (χ4n) is 2.77. The van der Waals surface area contributed by atoms with Crippen molar-refractivity contribution >= 4 is 87.3 Å². The summed E-state index contributed by atoms with van der Waals surface area (Å²) in [7, 11) is 0. The van der Waals surface area contributed by atoms with Crippen molar-refractivity contribution in [2.75, 3.05) is 16.4 Å². The number of hydrogen-bond acceptors (Lipinski definition) is 4. The Morgan fingerprint density at radius 3 is 2.00 bits per heavy atom. The van der Waals surface area contributed by atoms with E-state index in [1.54, 1.807) is 36.4 Å². The molecule has 3 N–H and O–H groups in total. The lowest BCUT2D eigenvalue weighted by molar-refractivity contribution is -0.113. The molecule has 0 aliphatic rings. The van der Waals surface area contributed by atoms with Gasteiger partial charge in [-0.2, -0.15) is 0 Å². The minimum Gasteiger partial charge on any atom is -0.478 e. The van der Waals surface area contributed by atoms with Crippen LogP contribution < -0.4 is 10.6 Å². The molecule has 0 saturated heterocycles. The van der Waals surface area contributed by atoms with Gasteiger partial charge in [0.25, 0.3) is 5.91 Å². The van der Waals surface area contributed by atoms with E-state index >= 15 is 0 Å². The Bertz CT molecular complexity index is 1240. The third-order valence-corrected chi connectivity index (χ3v) is 7.02. The Morgan fingerprint density at radius 2 is 1.36 bits per heavy atom. The molecular formula is C22H14Cl4N2O4S. The number of para-hydroxylation sites is 1. The Kier molecular flexibility index (Phi) is 8.51. The summed E-state index contributed by atoms with van der Waals surface area (Å²) >= 11 is 25.3. The van der Waals surface area contributed by atoms with Crippen molar-refractivity contribution in [3.05, 3.63) is 85.8 Å². The Hall–Kier alpha value is -2.42. The van der Waals surface area contributed by atoms with Gasteiger partial charge in [-0.25, -0.2) is 4.79 Å². The second-order valence-corrected chi connectivity index (χ2v) is 9.06. The summed E-state index contributed by atoms with van der Waals surface area (Å²) in [4.78, 5) is 37.4. The second kappa shape index (κ2) is 11.1. The molecule has 0 aliphatic heterocycles. The molecule has 6 nitrogen and oxygen atoms in total. The van der Waals surface area contributed by atoms with Crippen LogP contribution in [0.3, 0.4) is 0 Å². The summed E-state index contributed by atoms with van der Waals surface area (Å²) in [6.45, 7) is 0. The number of hydrogen-bond donors (Lipinski definition) is 3.